The topological polar surface area (TPSA) is 111 Å². The van der Waals surface area contributed by atoms with Crippen molar-refractivity contribution in [2.45, 2.75) is 37.3 Å². The van der Waals surface area contributed by atoms with Gasteiger partial charge in [0.2, 0.25) is 0 Å². The fraction of sp³-hybridized carbons (Fsp3) is 0.419. The number of benzene rings is 2. The first-order valence-corrected chi connectivity index (χ1v) is 14.3. The van der Waals surface area contributed by atoms with E-state index in [1.807, 2.05) is 54.6 Å². The number of hydrogen-bond acceptors (Lipinski definition) is 8. The molecule has 0 spiro atoms. The molecule has 2 aromatic heterocycles. The predicted molar refractivity (Wildman–Crippen MR) is 156 cm³/mol. The van der Waals surface area contributed by atoms with Gasteiger partial charge in [0, 0.05) is 50.5 Å². The van der Waals surface area contributed by atoms with Gasteiger partial charge < -0.3 is 30.2 Å². The van der Waals surface area contributed by atoms with Crippen LogP contribution in [-0.4, -0.2) is 76.1 Å². The number of aliphatic hydroxyl groups is 1. The van der Waals surface area contributed by atoms with Crippen molar-refractivity contribution in [3.63, 3.8) is 0 Å². The summed E-state index contributed by atoms with van der Waals surface area (Å²) in [6, 6.07) is 18.0. The van der Waals surface area contributed by atoms with E-state index in [0.717, 1.165) is 98.7 Å². The Morgan fingerprint density at radius 1 is 1.00 bits per heavy atom. The highest BCUT2D eigenvalue weighted by Crippen LogP contribution is 2.40. The maximum Gasteiger partial charge on any atom is 0.146 e. The monoisotopic (exact) mass is 542 g/mol. The molecule has 9 heteroatoms. The molecule has 9 nitrogen and oxygen atoms in total. The lowest BCUT2D eigenvalue weighted by atomic mass is 9.82. The number of rotatable bonds is 9. The van der Waals surface area contributed by atoms with Gasteiger partial charge in [-0.25, -0.2) is 9.97 Å². The fourth-order valence-corrected chi connectivity index (χ4v) is 5.91. The molecule has 0 amide bonds. The number of morpholine rings is 1. The number of nitrogens with one attached hydrogen (secondary N) is 1. The Morgan fingerprint density at radius 2 is 1.73 bits per heavy atom. The molecule has 1 saturated carbocycles. The Bertz CT molecular complexity index is 1390. The van der Waals surface area contributed by atoms with Crippen molar-refractivity contribution in [3.05, 3.63) is 67.1 Å². The summed E-state index contributed by atoms with van der Waals surface area (Å²) >= 11 is 0. The van der Waals surface area contributed by atoms with Crippen molar-refractivity contribution in [3.8, 4) is 22.6 Å². The summed E-state index contributed by atoms with van der Waals surface area (Å²) in [7, 11) is 0. The van der Waals surface area contributed by atoms with Gasteiger partial charge in [-0.15, -0.1) is 0 Å². The first kappa shape index (κ1) is 26.7. The molecule has 4 N–H and O–H groups in total. The van der Waals surface area contributed by atoms with Gasteiger partial charge in [-0.3, -0.25) is 4.90 Å². The number of ether oxygens (including phenoxy) is 2. The van der Waals surface area contributed by atoms with Gasteiger partial charge in [0.05, 0.1) is 24.2 Å². The van der Waals surface area contributed by atoms with Crippen LogP contribution in [0.5, 0.6) is 11.5 Å². The first-order chi connectivity index (χ1) is 19.6. The molecule has 2 aromatic carbocycles. The highest BCUT2D eigenvalue weighted by molar-refractivity contribution is 6.00. The van der Waals surface area contributed by atoms with Crippen LogP contribution < -0.4 is 15.8 Å². The highest BCUT2D eigenvalue weighted by atomic mass is 16.5. The van der Waals surface area contributed by atoms with Crippen molar-refractivity contribution < 1.29 is 14.6 Å². The Kier molecular flexibility index (Phi) is 7.97. The number of nitrogen functional groups attached to an aromatic ring is 1. The molecule has 1 saturated heterocycles. The molecule has 0 unspecified atom stereocenters. The second kappa shape index (κ2) is 11.9. The molecule has 0 radical (unpaired) electrons. The van der Waals surface area contributed by atoms with Crippen LogP contribution in [-0.2, 0) is 4.74 Å². The second-order valence-corrected chi connectivity index (χ2v) is 10.9. The second-order valence-electron chi connectivity index (χ2n) is 10.9. The first-order valence-electron chi connectivity index (χ1n) is 14.3. The van der Waals surface area contributed by atoms with E-state index in [-0.39, 0.29) is 6.04 Å². The van der Waals surface area contributed by atoms with Gasteiger partial charge in [-0.2, -0.15) is 0 Å². The molecular formula is C31H38N6O3. The van der Waals surface area contributed by atoms with E-state index in [1.54, 1.807) is 0 Å². The molecule has 0 bridgehead atoms. The lowest BCUT2D eigenvalue weighted by molar-refractivity contribution is -0.00728. The molecule has 6 rings (SSSR count). The third-order valence-electron chi connectivity index (χ3n) is 8.22. The van der Waals surface area contributed by atoms with Crippen LogP contribution in [0.1, 0.15) is 31.7 Å². The largest absolute Gasteiger partial charge is 0.457 e. The number of para-hydroxylation sites is 1. The number of aromatic nitrogens is 3. The minimum absolute atomic E-state index is 0.236. The number of nitrogens with two attached hydrogens (primary N) is 1. The van der Waals surface area contributed by atoms with Gasteiger partial charge in [-0.05, 0) is 55.5 Å². The summed E-state index contributed by atoms with van der Waals surface area (Å²) in [5, 5.41) is 15.6. The van der Waals surface area contributed by atoms with E-state index in [0.29, 0.717) is 12.4 Å². The lowest BCUT2D eigenvalue weighted by Crippen LogP contribution is -2.46. The zero-order valence-corrected chi connectivity index (χ0v) is 22.8. The maximum absolute atomic E-state index is 11.3. The average molecular weight is 543 g/mol. The zero-order chi connectivity index (χ0) is 27.4. The van der Waals surface area contributed by atoms with E-state index >= 15 is 0 Å². The Balaban J connectivity index is 1.13. The minimum atomic E-state index is -0.685. The third-order valence-corrected chi connectivity index (χ3v) is 8.22. The maximum atomic E-state index is 11.3. The molecule has 3 heterocycles. The number of anilines is 1. The van der Waals surface area contributed by atoms with Gasteiger partial charge in [0.1, 0.15) is 29.3 Å². The average Bonchev–Trinajstić information content (AvgIpc) is 3.38. The standard InChI is InChI=1S/C31H38N6O3/c32-29-28-27(23-6-8-26(9-7-23)40-25-4-2-1-3-5-25)20-37(30(28)35-22-34-29)24-10-12-31(38,13-11-24)21-33-14-15-36-16-18-39-19-17-36/h1-9,20,22,24,33,38H,10-19,21H2,(H2,32,34,35). The lowest BCUT2D eigenvalue weighted by Gasteiger charge is -2.37. The van der Waals surface area contributed by atoms with Crippen molar-refractivity contribution in [2.75, 3.05) is 51.7 Å². The Labute approximate surface area is 234 Å². The normalized spacial score (nSPS) is 22.0. The highest BCUT2D eigenvalue weighted by Gasteiger charge is 2.34. The van der Waals surface area contributed by atoms with E-state index in [9.17, 15) is 5.11 Å². The molecule has 2 fully saturated rings. The van der Waals surface area contributed by atoms with Crippen LogP contribution in [0.15, 0.2) is 67.1 Å². The zero-order valence-electron chi connectivity index (χ0n) is 22.8. The van der Waals surface area contributed by atoms with E-state index < -0.39 is 5.60 Å². The van der Waals surface area contributed by atoms with Crippen LogP contribution in [0.25, 0.3) is 22.2 Å². The molecule has 1 aliphatic carbocycles. The Hall–Kier alpha value is -3.50. The SMILES string of the molecule is Nc1ncnc2c1c(-c1ccc(Oc3ccccc3)cc1)cn2C1CCC(O)(CNCCN2CCOCC2)CC1. The molecule has 40 heavy (non-hydrogen) atoms. The van der Waals surface area contributed by atoms with E-state index in [2.05, 4.69) is 30.9 Å². The van der Waals surface area contributed by atoms with Gasteiger partial charge in [0.25, 0.3) is 0 Å². The molecule has 0 atom stereocenters. The third kappa shape index (κ3) is 5.97. The summed E-state index contributed by atoms with van der Waals surface area (Å²) in [6.07, 6.45) is 6.91. The van der Waals surface area contributed by atoms with Gasteiger partial charge in [-0.1, -0.05) is 30.3 Å². The fourth-order valence-electron chi connectivity index (χ4n) is 5.91. The predicted octanol–water partition coefficient (Wildman–Crippen LogP) is 4.24. The summed E-state index contributed by atoms with van der Waals surface area (Å²) in [6.45, 7) is 6.08. The van der Waals surface area contributed by atoms with Crippen LogP contribution in [0.3, 0.4) is 0 Å². The number of nitrogens with zero attached hydrogens (tertiary/aromatic N) is 4. The van der Waals surface area contributed by atoms with Crippen molar-refractivity contribution >= 4 is 16.9 Å². The van der Waals surface area contributed by atoms with Crippen molar-refractivity contribution in [1.82, 2.24) is 24.8 Å². The molecule has 210 valence electrons. The smallest absolute Gasteiger partial charge is 0.146 e. The summed E-state index contributed by atoms with van der Waals surface area (Å²) < 4.78 is 13.6. The van der Waals surface area contributed by atoms with Crippen molar-refractivity contribution in [1.29, 1.82) is 0 Å². The molecule has 1 aliphatic heterocycles. The van der Waals surface area contributed by atoms with E-state index in [4.69, 9.17) is 15.2 Å². The summed E-state index contributed by atoms with van der Waals surface area (Å²) in [5.74, 6) is 2.04. The van der Waals surface area contributed by atoms with Crippen LogP contribution in [0, 0.1) is 0 Å². The number of hydrogen-bond donors (Lipinski definition) is 3. The quantitative estimate of drug-likeness (QED) is 0.270. The molecular weight excluding hydrogens is 504 g/mol. The van der Waals surface area contributed by atoms with Crippen LogP contribution >= 0.6 is 0 Å². The number of fused-ring (bicyclic) bond motifs is 1. The van der Waals surface area contributed by atoms with Gasteiger partial charge in [0.15, 0.2) is 0 Å². The van der Waals surface area contributed by atoms with Crippen molar-refractivity contribution in [2.24, 2.45) is 0 Å². The van der Waals surface area contributed by atoms with Gasteiger partial charge >= 0.3 is 0 Å². The summed E-state index contributed by atoms with van der Waals surface area (Å²) in [5.41, 5.74) is 8.58. The van der Waals surface area contributed by atoms with Crippen LogP contribution in [0.2, 0.25) is 0 Å². The van der Waals surface area contributed by atoms with E-state index in [1.165, 1.54) is 6.33 Å². The summed E-state index contributed by atoms with van der Waals surface area (Å²) in [4.78, 5) is 11.3. The molecule has 2 aliphatic rings. The Morgan fingerprint density at radius 3 is 2.48 bits per heavy atom. The van der Waals surface area contributed by atoms with Crippen LogP contribution in [0.4, 0.5) is 5.82 Å². The molecule has 4 aromatic rings. The minimum Gasteiger partial charge on any atom is -0.457 e.